The van der Waals surface area contributed by atoms with Gasteiger partial charge in [-0.2, -0.15) is 0 Å². The van der Waals surface area contributed by atoms with Crippen molar-refractivity contribution in [1.82, 2.24) is 4.90 Å². The van der Waals surface area contributed by atoms with Crippen LogP contribution in [0.25, 0.3) is 0 Å². The number of benzene rings is 2. The first-order valence-corrected chi connectivity index (χ1v) is 8.79. The van der Waals surface area contributed by atoms with Crippen molar-refractivity contribution in [2.24, 2.45) is 0 Å². The second-order valence-corrected chi connectivity index (χ2v) is 6.33. The summed E-state index contributed by atoms with van der Waals surface area (Å²) in [6.07, 6.45) is 1.04. The van der Waals surface area contributed by atoms with Gasteiger partial charge >= 0.3 is 0 Å². The maximum Gasteiger partial charge on any atom is 0.226 e. The first-order valence-electron chi connectivity index (χ1n) is 8.79. The molecule has 2 aromatic rings. The first-order chi connectivity index (χ1) is 12.4. The van der Waals surface area contributed by atoms with Gasteiger partial charge in [0.15, 0.2) is 0 Å². The summed E-state index contributed by atoms with van der Waals surface area (Å²) in [6, 6.07) is 12.0. The number of carbonyl (C=O) groups excluding carboxylic acids is 2. The summed E-state index contributed by atoms with van der Waals surface area (Å²) in [5.41, 5.74) is 3.79. The molecule has 2 aromatic carbocycles. The van der Waals surface area contributed by atoms with Crippen molar-refractivity contribution in [3.63, 3.8) is 0 Å². The molecule has 0 saturated heterocycles. The highest BCUT2D eigenvalue weighted by atomic mass is 19.1. The molecule has 0 heterocycles. The van der Waals surface area contributed by atoms with E-state index in [1.54, 1.807) is 17.0 Å². The lowest BCUT2D eigenvalue weighted by Gasteiger charge is -2.21. The normalized spacial score (nSPS) is 10.5. The molecule has 0 fully saturated rings. The molecular formula is C21H25FN2O2. The van der Waals surface area contributed by atoms with E-state index in [4.69, 9.17) is 0 Å². The summed E-state index contributed by atoms with van der Waals surface area (Å²) in [7, 11) is 0. The third-order valence-electron chi connectivity index (χ3n) is 4.35. The van der Waals surface area contributed by atoms with E-state index in [2.05, 4.69) is 5.32 Å². The summed E-state index contributed by atoms with van der Waals surface area (Å²) >= 11 is 0. The average molecular weight is 356 g/mol. The fourth-order valence-electron chi connectivity index (χ4n) is 2.80. The third kappa shape index (κ3) is 5.41. The lowest BCUT2D eigenvalue weighted by Crippen LogP contribution is -2.31. The minimum absolute atomic E-state index is 0.118. The fraction of sp³-hybridized carbons (Fsp3) is 0.333. The second kappa shape index (κ2) is 9.13. The van der Waals surface area contributed by atoms with Crippen molar-refractivity contribution in [3.8, 4) is 0 Å². The zero-order valence-corrected chi connectivity index (χ0v) is 15.5. The van der Waals surface area contributed by atoms with Gasteiger partial charge in [0, 0.05) is 32.1 Å². The van der Waals surface area contributed by atoms with Gasteiger partial charge in [-0.15, -0.1) is 0 Å². The first kappa shape index (κ1) is 19.6. The van der Waals surface area contributed by atoms with Crippen LogP contribution in [0.4, 0.5) is 10.1 Å². The largest absolute Gasteiger partial charge is 0.338 e. The van der Waals surface area contributed by atoms with Crippen LogP contribution in [0.2, 0.25) is 0 Å². The van der Waals surface area contributed by atoms with Gasteiger partial charge in [-0.25, -0.2) is 4.39 Å². The Balaban J connectivity index is 1.97. The van der Waals surface area contributed by atoms with Crippen molar-refractivity contribution < 1.29 is 14.0 Å². The van der Waals surface area contributed by atoms with E-state index in [1.807, 2.05) is 32.0 Å². The van der Waals surface area contributed by atoms with Crippen LogP contribution in [0.1, 0.15) is 37.0 Å². The molecule has 5 heteroatoms. The molecule has 0 aliphatic rings. The molecule has 0 spiro atoms. The van der Waals surface area contributed by atoms with E-state index in [0.29, 0.717) is 13.1 Å². The summed E-state index contributed by atoms with van der Waals surface area (Å²) in [6.45, 7) is 6.15. The molecule has 0 unspecified atom stereocenters. The quantitative estimate of drug-likeness (QED) is 0.813. The highest BCUT2D eigenvalue weighted by Crippen LogP contribution is 2.21. The van der Waals surface area contributed by atoms with Crippen LogP contribution >= 0.6 is 0 Å². The second-order valence-electron chi connectivity index (χ2n) is 6.33. The number of hydrogen-bond acceptors (Lipinski definition) is 2. The van der Waals surface area contributed by atoms with Crippen LogP contribution in [0.15, 0.2) is 42.5 Å². The Morgan fingerprint density at radius 2 is 1.81 bits per heavy atom. The fourth-order valence-corrected chi connectivity index (χ4v) is 2.80. The Labute approximate surface area is 154 Å². The molecule has 0 bridgehead atoms. The van der Waals surface area contributed by atoms with Crippen LogP contribution in [0.3, 0.4) is 0 Å². The SMILES string of the molecule is CCc1cccc(C)c1NC(=O)CCN(Cc1ccc(F)cc1)C(C)=O. The highest BCUT2D eigenvalue weighted by Gasteiger charge is 2.14. The number of amides is 2. The Kier molecular flexibility index (Phi) is 6.89. The molecule has 2 rings (SSSR count). The molecule has 4 nitrogen and oxygen atoms in total. The van der Waals surface area contributed by atoms with Crippen molar-refractivity contribution in [2.75, 3.05) is 11.9 Å². The lowest BCUT2D eigenvalue weighted by atomic mass is 10.1. The summed E-state index contributed by atoms with van der Waals surface area (Å²) < 4.78 is 13.0. The minimum Gasteiger partial charge on any atom is -0.338 e. The van der Waals surface area contributed by atoms with E-state index < -0.39 is 0 Å². The van der Waals surface area contributed by atoms with E-state index in [0.717, 1.165) is 28.8 Å². The van der Waals surface area contributed by atoms with Gasteiger partial charge in [0.25, 0.3) is 0 Å². The Morgan fingerprint density at radius 3 is 2.42 bits per heavy atom. The van der Waals surface area contributed by atoms with E-state index >= 15 is 0 Å². The third-order valence-corrected chi connectivity index (χ3v) is 4.35. The summed E-state index contributed by atoms with van der Waals surface area (Å²) in [5.74, 6) is -0.556. The number of carbonyl (C=O) groups is 2. The monoisotopic (exact) mass is 356 g/mol. The summed E-state index contributed by atoms with van der Waals surface area (Å²) in [5, 5.41) is 2.97. The van der Waals surface area contributed by atoms with Crippen molar-refractivity contribution >= 4 is 17.5 Å². The molecule has 1 N–H and O–H groups in total. The maximum absolute atomic E-state index is 13.0. The van der Waals surface area contributed by atoms with Gasteiger partial charge in [-0.3, -0.25) is 9.59 Å². The number of nitrogens with one attached hydrogen (secondary N) is 1. The number of rotatable bonds is 7. The van der Waals surface area contributed by atoms with E-state index in [9.17, 15) is 14.0 Å². The molecule has 0 saturated carbocycles. The van der Waals surface area contributed by atoms with Gasteiger partial charge in [0.1, 0.15) is 5.82 Å². The van der Waals surface area contributed by atoms with Crippen LogP contribution in [0.5, 0.6) is 0 Å². The number of anilines is 1. The van der Waals surface area contributed by atoms with Crippen LogP contribution < -0.4 is 5.32 Å². The smallest absolute Gasteiger partial charge is 0.226 e. The zero-order valence-electron chi connectivity index (χ0n) is 15.5. The van der Waals surface area contributed by atoms with Crippen molar-refractivity contribution in [2.45, 2.75) is 40.2 Å². The topological polar surface area (TPSA) is 49.4 Å². The number of halogens is 1. The highest BCUT2D eigenvalue weighted by molar-refractivity contribution is 5.92. The standard InChI is InChI=1S/C21H25FN2O2/c1-4-18-7-5-6-15(2)21(18)23-20(26)12-13-24(16(3)25)14-17-8-10-19(22)11-9-17/h5-11H,4,12-14H2,1-3H3,(H,23,26). The van der Waals surface area contributed by atoms with Gasteiger partial charge < -0.3 is 10.2 Å². The number of aryl methyl sites for hydroxylation is 2. The lowest BCUT2D eigenvalue weighted by molar-refractivity contribution is -0.129. The zero-order chi connectivity index (χ0) is 19.1. The van der Waals surface area contributed by atoms with Gasteiger partial charge in [0.05, 0.1) is 0 Å². The van der Waals surface area contributed by atoms with Crippen LogP contribution in [-0.4, -0.2) is 23.3 Å². The van der Waals surface area contributed by atoms with Crippen LogP contribution in [-0.2, 0) is 22.6 Å². The molecule has 0 aromatic heterocycles. The molecule has 0 aliphatic carbocycles. The molecule has 138 valence electrons. The van der Waals surface area contributed by atoms with E-state index in [-0.39, 0.29) is 24.1 Å². The molecule has 26 heavy (non-hydrogen) atoms. The predicted octanol–water partition coefficient (Wildman–Crippen LogP) is 4.07. The molecular weight excluding hydrogens is 331 g/mol. The number of nitrogens with zero attached hydrogens (tertiary/aromatic N) is 1. The van der Waals surface area contributed by atoms with Crippen molar-refractivity contribution in [3.05, 3.63) is 65.0 Å². The molecule has 0 atom stereocenters. The van der Waals surface area contributed by atoms with E-state index in [1.165, 1.54) is 19.1 Å². The molecule has 0 aliphatic heterocycles. The Bertz CT molecular complexity index is 772. The minimum atomic E-state index is -0.313. The molecule has 0 radical (unpaired) electrons. The summed E-state index contributed by atoms with van der Waals surface area (Å²) in [4.78, 5) is 25.8. The maximum atomic E-state index is 13.0. The van der Waals surface area contributed by atoms with Crippen molar-refractivity contribution in [1.29, 1.82) is 0 Å². The molecule has 2 amide bonds. The Hall–Kier alpha value is -2.69. The predicted molar refractivity (Wildman–Crippen MR) is 101 cm³/mol. The average Bonchev–Trinajstić information content (AvgIpc) is 2.61. The number of hydrogen-bond donors (Lipinski definition) is 1. The van der Waals surface area contributed by atoms with Crippen LogP contribution in [0, 0.1) is 12.7 Å². The van der Waals surface area contributed by atoms with Gasteiger partial charge in [0.2, 0.25) is 11.8 Å². The number of para-hydroxylation sites is 1. The Morgan fingerprint density at radius 1 is 1.12 bits per heavy atom. The van der Waals surface area contributed by atoms with Gasteiger partial charge in [-0.1, -0.05) is 37.3 Å². The van der Waals surface area contributed by atoms with Gasteiger partial charge in [-0.05, 0) is 42.2 Å².